The average molecular weight is 532 g/mol. The fourth-order valence-corrected chi connectivity index (χ4v) is 4.49. The standard InChI is InChI=1S/C27H20BrClN4O/c1-17-14-20(18(2)32(17)21-12-13-23(28)24(29)15-21)16-30-33-26(19-8-4-3-5-9-19)31-25-11-7-6-10-22(25)27(33)34/h3-16H,1-2H3. The maximum atomic E-state index is 13.4. The average Bonchev–Trinajstić information content (AvgIpc) is 3.13. The molecule has 0 saturated carbocycles. The van der Waals surface area contributed by atoms with E-state index in [4.69, 9.17) is 16.6 Å². The molecule has 0 aliphatic carbocycles. The van der Waals surface area contributed by atoms with Crippen molar-refractivity contribution >= 4 is 44.6 Å². The SMILES string of the molecule is Cc1cc(C=Nn2c(-c3ccccc3)nc3ccccc3c2=O)c(C)n1-c1ccc(Br)c(Cl)c1. The van der Waals surface area contributed by atoms with Crippen molar-refractivity contribution in [2.24, 2.45) is 5.10 Å². The van der Waals surface area contributed by atoms with Crippen LogP contribution in [0.4, 0.5) is 0 Å². The van der Waals surface area contributed by atoms with Crippen molar-refractivity contribution in [1.29, 1.82) is 0 Å². The van der Waals surface area contributed by atoms with Crippen LogP contribution in [0.5, 0.6) is 0 Å². The number of halogens is 2. The quantitative estimate of drug-likeness (QED) is 0.240. The Morgan fingerprint density at radius 1 is 0.971 bits per heavy atom. The molecule has 0 amide bonds. The van der Waals surface area contributed by atoms with Gasteiger partial charge in [-0.15, -0.1) is 0 Å². The van der Waals surface area contributed by atoms with Gasteiger partial charge in [-0.05, 0) is 66.2 Å². The second-order valence-corrected chi connectivity index (χ2v) is 9.20. The highest BCUT2D eigenvalue weighted by atomic mass is 79.9. The number of aromatic nitrogens is 3. The molecule has 0 saturated heterocycles. The molecule has 0 unspecified atom stereocenters. The van der Waals surface area contributed by atoms with Crippen molar-refractivity contribution in [3.63, 3.8) is 0 Å². The Hall–Kier alpha value is -3.48. The van der Waals surface area contributed by atoms with Gasteiger partial charge in [-0.3, -0.25) is 4.79 Å². The normalized spacial score (nSPS) is 11.5. The van der Waals surface area contributed by atoms with Gasteiger partial charge in [-0.25, -0.2) is 4.98 Å². The van der Waals surface area contributed by atoms with Crippen LogP contribution in [0.25, 0.3) is 28.0 Å². The largest absolute Gasteiger partial charge is 0.318 e. The Morgan fingerprint density at radius 3 is 2.47 bits per heavy atom. The van der Waals surface area contributed by atoms with Crippen molar-refractivity contribution in [2.75, 3.05) is 0 Å². The summed E-state index contributed by atoms with van der Waals surface area (Å²) in [5.41, 5.74) is 5.12. The third-order valence-corrected chi connectivity index (χ3v) is 6.96. The lowest BCUT2D eigenvalue weighted by Gasteiger charge is -2.11. The van der Waals surface area contributed by atoms with Crippen molar-refractivity contribution in [1.82, 2.24) is 14.2 Å². The predicted octanol–water partition coefficient (Wildman–Crippen LogP) is 6.77. The minimum atomic E-state index is -0.214. The molecule has 0 N–H and O–H groups in total. The van der Waals surface area contributed by atoms with Gasteiger partial charge >= 0.3 is 0 Å². The third kappa shape index (κ3) is 4.00. The molecule has 5 aromatic rings. The Bertz CT molecular complexity index is 1620. The van der Waals surface area contributed by atoms with Crippen LogP contribution in [-0.2, 0) is 0 Å². The van der Waals surface area contributed by atoms with E-state index in [1.165, 1.54) is 4.68 Å². The zero-order valence-corrected chi connectivity index (χ0v) is 20.9. The van der Waals surface area contributed by atoms with Crippen LogP contribution in [-0.4, -0.2) is 20.4 Å². The molecule has 168 valence electrons. The van der Waals surface area contributed by atoms with E-state index in [9.17, 15) is 4.79 Å². The lowest BCUT2D eigenvalue weighted by Crippen LogP contribution is -2.20. The highest BCUT2D eigenvalue weighted by Crippen LogP contribution is 2.28. The van der Waals surface area contributed by atoms with E-state index in [2.05, 4.69) is 25.6 Å². The molecule has 3 aromatic carbocycles. The molecule has 0 spiro atoms. The molecule has 5 nitrogen and oxygen atoms in total. The van der Waals surface area contributed by atoms with Gasteiger partial charge in [0.15, 0.2) is 5.82 Å². The monoisotopic (exact) mass is 530 g/mol. The Morgan fingerprint density at radius 2 is 1.71 bits per heavy atom. The molecular formula is C27H20BrClN4O. The molecular weight excluding hydrogens is 512 g/mol. The molecule has 2 aromatic heterocycles. The van der Waals surface area contributed by atoms with Gasteiger partial charge in [0.2, 0.25) is 0 Å². The number of aryl methyl sites for hydroxylation is 1. The van der Waals surface area contributed by atoms with Gasteiger partial charge in [-0.1, -0.05) is 54.1 Å². The maximum absolute atomic E-state index is 13.4. The Kier molecular flexibility index (Phi) is 5.94. The van der Waals surface area contributed by atoms with Gasteiger partial charge in [0.05, 0.1) is 22.1 Å². The number of benzene rings is 3. The fourth-order valence-electron chi connectivity index (χ4n) is 4.06. The summed E-state index contributed by atoms with van der Waals surface area (Å²) in [6, 6.07) is 24.8. The molecule has 34 heavy (non-hydrogen) atoms. The zero-order chi connectivity index (χ0) is 23.8. The Labute approximate surface area is 210 Å². The number of hydrogen-bond donors (Lipinski definition) is 0. The van der Waals surface area contributed by atoms with Crippen LogP contribution >= 0.6 is 27.5 Å². The minimum absolute atomic E-state index is 0.214. The lowest BCUT2D eigenvalue weighted by atomic mass is 10.2. The lowest BCUT2D eigenvalue weighted by molar-refractivity contribution is 0.829. The maximum Gasteiger partial charge on any atom is 0.282 e. The minimum Gasteiger partial charge on any atom is -0.318 e. The van der Waals surface area contributed by atoms with Crippen LogP contribution in [0.15, 0.2) is 93.2 Å². The highest BCUT2D eigenvalue weighted by Gasteiger charge is 2.14. The van der Waals surface area contributed by atoms with Crippen molar-refractivity contribution in [3.8, 4) is 17.1 Å². The zero-order valence-electron chi connectivity index (χ0n) is 18.5. The molecule has 2 heterocycles. The van der Waals surface area contributed by atoms with Crippen LogP contribution < -0.4 is 5.56 Å². The van der Waals surface area contributed by atoms with Gasteiger partial charge in [0.1, 0.15) is 0 Å². The number of nitrogens with zero attached hydrogens (tertiary/aromatic N) is 4. The summed E-state index contributed by atoms with van der Waals surface area (Å²) in [6.07, 6.45) is 1.71. The molecule has 0 aliphatic rings. The molecule has 0 aliphatic heterocycles. The second-order valence-electron chi connectivity index (χ2n) is 7.94. The summed E-state index contributed by atoms with van der Waals surface area (Å²) in [7, 11) is 0. The first-order chi connectivity index (χ1) is 16.4. The topological polar surface area (TPSA) is 52.2 Å². The van der Waals surface area contributed by atoms with E-state index in [-0.39, 0.29) is 5.56 Å². The number of para-hydroxylation sites is 1. The fraction of sp³-hybridized carbons (Fsp3) is 0.0741. The van der Waals surface area contributed by atoms with Crippen molar-refractivity contribution < 1.29 is 0 Å². The van der Waals surface area contributed by atoms with Gasteiger partial charge in [0.25, 0.3) is 5.56 Å². The van der Waals surface area contributed by atoms with Gasteiger partial charge in [-0.2, -0.15) is 9.78 Å². The van der Waals surface area contributed by atoms with E-state index in [1.807, 2.05) is 86.6 Å². The van der Waals surface area contributed by atoms with E-state index in [1.54, 1.807) is 12.3 Å². The van der Waals surface area contributed by atoms with Crippen LogP contribution in [0.2, 0.25) is 5.02 Å². The van der Waals surface area contributed by atoms with Gasteiger partial charge < -0.3 is 4.57 Å². The van der Waals surface area contributed by atoms with E-state index in [0.717, 1.165) is 32.7 Å². The summed E-state index contributed by atoms with van der Waals surface area (Å²) in [5.74, 6) is 0.494. The van der Waals surface area contributed by atoms with E-state index >= 15 is 0 Å². The first-order valence-corrected chi connectivity index (χ1v) is 11.9. The smallest absolute Gasteiger partial charge is 0.282 e. The molecule has 0 atom stereocenters. The number of hydrogen-bond acceptors (Lipinski definition) is 3. The summed E-state index contributed by atoms with van der Waals surface area (Å²) >= 11 is 9.77. The summed E-state index contributed by atoms with van der Waals surface area (Å²) in [6.45, 7) is 4.04. The molecule has 7 heteroatoms. The first-order valence-electron chi connectivity index (χ1n) is 10.7. The van der Waals surface area contributed by atoms with Crippen LogP contribution in [0.1, 0.15) is 17.0 Å². The highest BCUT2D eigenvalue weighted by molar-refractivity contribution is 9.10. The number of fused-ring (bicyclic) bond motifs is 1. The molecule has 0 fully saturated rings. The van der Waals surface area contributed by atoms with Crippen molar-refractivity contribution in [2.45, 2.75) is 13.8 Å². The van der Waals surface area contributed by atoms with E-state index < -0.39 is 0 Å². The summed E-state index contributed by atoms with van der Waals surface area (Å²) in [4.78, 5) is 18.1. The van der Waals surface area contributed by atoms with Crippen LogP contribution in [0.3, 0.4) is 0 Å². The van der Waals surface area contributed by atoms with Gasteiger partial charge in [0, 0.05) is 32.7 Å². The first kappa shape index (κ1) is 22.3. The molecule has 0 bridgehead atoms. The molecule has 0 radical (unpaired) electrons. The predicted molar refractivity (Wildman–Crippen MR) is 142 cm³/mol. The third-order valence-electron chi connectivity index (χ3n) is 5.73. The van der Waals surface area contributed by atoms with Crippen LogP contribution in [0, 0.1) is 13.8 Å². The molecule has 5 rings (SSSR count). The summed E-state index contributed by atoms with van der Waals surface area (Å²) < 4.78 is 4.33. The second kappa shape index (κ2) is 9.05. The van der Waals surface area contributed by atoms with E-state index in [0.29, 0.717) is 21.7 Å². The number of rotatable bonds is 4. The van der Waals surface area contributed by atoms with Crippen molar-refractivity contribution in [3.05, 3.63) is 116 Å². The Balaban J connectivity index is 1.65. The summed E-state index contributed by atoms with van der Waals surface area (Å²) in [5, 5.41) is 5.78.